The topological polar surface area (TPSA) is 102 Å². The van der Waals surface area contributed by atoms with Gasteiger partial charge < -0.3 is 10.6 Å². The van der Waals surface area contributed by atoms with Gasteiger partial charge in [0.25, 0.3) is 5.91 Å². The number of carbonyl (C=O) groups excluding carboxylic acids is 3. The first kappa shape index (κ1) is 18.5. The molecule has 1 spiro atoms. The van der Waals surface area contributed by atoms with Crippen LogP contribution in [0, 0.1) is 11.3 Å². The van der Waals surface area contributed by atoms with Gasteiger partial charge in [0.2, 0.25) is 5.91 Å². The van der Waals surface area contributed by atoms with Crippen LogP contribution in [0.2, 0.25) is 0 Å². The van der Waals surface area contributed by atoms with Gasteiger partial charge in [-0.15, -0.1) is 0 Å². The number of imide groups is 1. The summed E-state index contributed by atoms with van der Waals surface area (Å²) in [6.45, 7) is -0.363. The summed E-state index contributed by atoms with van der Waals surface area (Å²) in [7, 11) is 0. The predicted molar refractivity (Wildman–Crippen MR) is 101 cm³/mol. The van der Waals surface area contributed by atoms with Gasteiger partial charge in [-0.3, -0.25) is 14.5 Å². The first-order chi connectivity index (χ1) is 13.5. The smallest absolute Gasteiger partial charge is 0.325 e. The molecule has 146 valence electrons. The van der Waals surface area contributed by atoms with Crippen LogP contribution < -0.4 is 10.6 Å². The molecule has 4 rings (SSSR count). The first-order valence-electron chi connectivity index (χ1n) is 9.94. The van der Waals surface area contributed by atoms with Crippen molar-refractivity contribution in [2.75, 3.05) is 6.54 Å². The van der Waals surface area contributed by atoms with Crippen molar-refractivity contribution in [2.45, 2.75) is 62.4 Å². The average molecular weight is 380 g/mol. The number of aryl methyl sites for hydroxylation is 1. The molecule has 2 aliphatic carbocycles. The summed E-state index contributed by atoms with van der Waals surface area (Å²) in [5.74, 6) is -0.845. The molecule has 3 aliphatic rings. The highest BCUT2D eigenvalue weighted by molar-refractivity contribution is 6.09. The van der Waals surface area contributed by atoms with Crippen molar-refractivity contribution >= 4 is 17.8 Å². The van der Waals surface area contributed by atoms with Crippen molar-refractivity contribution in [3.63, 3.8) is 0 Å². The molecular formula is C21H24N4O3. The zero-order chi connectivity index (χ0) is 19.8. The van der Waals surface area contributed by atoms with Crippen molar-refractivity contribution in [1.82, 2.24) is 15.5 Å². The number of carbonyl (C=O) groups is 3. The van der Waals surface area contributed by atoms with E-state index in [9.17, 15) is 19.6 Å². The second kappa shape index (κ2) is 6.93. The largest absolute Gasteiger partial charge is 0.336 e. The molecule has 7 nitrogen and oxygen atoms in total. The molecule has 1 heterocycles. The van der Waals surface area contributed by atoms with Crippen LogP contribution in [-0.2, 0) is 21.5 Å². The van der Waals surface area contributed by atoms with E-state index in [1.807, 2.05) is 24.3 Å². The molecule has 1 unspecified atom stereocenters. The SMILES string of the molecule is N#CC1(NC(=O)CN2C(=O)NC3(CCCc4ccccc43)C2=O)CCCCC1. The molecule has 28 heavy (non-hydrogen) atoms. The van der Waals surface area contributed by atoms with Gasteiger partial charge in [-0.1, -0.05) is 43.5 Å². The van der Waals surface area contributed by atoms with Gasteiger partial charge in [0, 0.05) is 0 Å². The molecular weight excluding hydrogens is 356 g/mol. The zero-order valence-corrected chi connectivity index (χ0v) is 15.8. The lowest BCUT2D eigenvalue weighted by Crippen LogP contribution is -2.52. The van der Waals surface area contributed by atoms with E-state index in [0.717, 1.165) is 48.1 Å². The Balaban J connectivity index is 1.53. The van der Waals surface area contributed by atoms with Gasteiger partial charge in [-0.25, -0.2) is 4.79 Å². The van der Waals surface area contributed by atoms with Gasteiger partial charge in [0.15, 0.2) is 0 Å². The second-order valence-corrected chi connectivity index (χ2v) is 8.04. The standard InChI is InChI=1S/C21H24N4O3/c22-14-20(10-4-1-5-11-20)23-17(26)13-25-18(27)21(24-19(25)28)12-6-8-15-7-2-3-9-16(15)21/h2-3,7,9H,1,4-6,8,10-13H2,(H,23,26)(H,24,28). The average Bonchev–Trinajstić information content (AvgIpc) is 2.94. The number of nitriles is 1. The molecule has 1 aliphatic heterocycles. The summed E-state index contributed by atoms with van der Waals surface area (Å²) < 4.78 is 0. The lowest BCUT2D eigenvalue weighted by Gasteiger charge is -2.33. The first-order valence-corrected chi connectivity index (χ1v) is 9.94. The summed E-state index contributed by atoms with van der Waals surface area (Å²) in [4.78, 5) is 39.4. The van der Waals surface area contributed by atoms with E-state index in [1.165, 1.54) is 0 Å². The molecule has 4 amide bonds. The second-order valence-electron chi connectivity index (χ2n) is 8.04. The Labute approximate surface area is 164 Å². The van der Waals surface area contributed by atoms with E-state index in [2.05, 4.69) is 16.7 Å². The van der Waals surface area contributed by atoms with Crippen molar-refractivity contribution in [1.29, 1.82) is 5.26 Å². The number of rotatable bonds is 3. The van der Waals surface area contributed by atoms with Crippen molar-refractivity contribution in [3.05, 3.63) is 35.4 Å². The Morgan fingerprint density at radius 3 is 2.64 bits per heavy atom. The maximum atomic E-state index is 13.2. The highest BCUT2D eigenvalue weighted by atomic mass is 16.2. The van der Waals surface area contributed by atoms with Crippen LogP contribution in [0.5, 0.6) is 0 Å². The third-order valence-electron chi connectivity index (χ3n) is 6.25. The van der Waals surface area contributed by atoms with Crippen LogP contribution in [0.1, 0.15) is 56.1 Å². The number of nitrogens with zero attached hydrogens (tertiary/aromatic N) is 2. The summed E-state index contributed by atoms with van der Waals surface area (Å²) in [5.41, 5.74) is -0.0872. The number of benzene rings is 1. The van der Waals surface area contributed by atoms with Gasteiger partial charge >= 0.3 is 6.03 Å². The molecule has 1 atom stereocenters. The predicted octanol–water partition coefficient (Wildman–Crippen LogP) is 2.11. The lowest BCUT2D eigenvalue weighted by molar-refractivity contribution is -0.136. The van der Waals surface area contributed by atoms with Crippen LogP contribution in [0.4, 0.5) is 4.79 Å². The minimum absolute atomic E-state index is 0.363. The minimum Gasteiger partial charge on any atom is -0.336 e. The molecule has 7 heteroatoms. The van der Waals surface area contributed by atoms with E-state index < -0.39 is 23.0 Å². The molecule has 1 saturated carbocycles. The van der Waals surface area contributed by atoms with Gasteiger partial charge in [-0.05, 0) is 43.2 Å². The maximum Gasteiger partial charge on any atom is 0.325 e. The molecule has 1 aromatic rings. The zero-order valence-electron chi connectivity index (χ0n) is 15.8. The van der Waals surface area contributed by atoms with E-state index in [1.54, 1.807) is 0 Å². The Morgan fingerprint density at radius 1 is 1.14 bits per heavy atom. The van der Waals surface area contributed by atoms with Crippen LogP contribution >= 0.6 is 0 Å². The maximum absolute atomic E-state index is 13.2. The van der Waals surface area contributed by atoms with E-state index in [0.29, 0.717) is 19.3 Å². The molecule has 0 aromatic heterocycles. The van der Waals surface area contributed by atoms with Crippen LogP contribution in [0.15, 0.2) is 24.3 Å². The van der Waals surface area contributed by atoms with Gasteiger partial charge in [-0.2, -0.15) is 5.26 Å². The summed E-state index contributed by atoms with van der Waals surface area (Å²) in [5, 5.41) is 15.2. The van der Waals surface area contributed by atoms with Crippen LogP contribution in [0.3, 0.4) is 0 Å². The fourth-order valence-electron chi connectivity index (χ4n) is 4.83. The number of amides is 4. The molecule has 0 bridgehead atoms. The lowest BCUT2D eigenvalue weighted by atomic mass is 9.76. The number of fused-ring (bicyclic) bond motifs is 2. The Hall–Kier alpha value is -2.88. The monoisotopic (exact) mass is 380 g/mol. The Bertz CT molecular complexity index is 869. The fraction of sp³-hybridized carbons (Fsp3) is 0.524. The van der Waals surface area contributed by atoms with E-state index in [4.69, 9.17) is 0 Å². The van der Waals surface area contributed by atoms with Crippen LogP contribution in [0.25, 0.3) is 0 Å². The Kier molecular flexibility index (Phi) is 4.58. The molecule has 2 fully saturated rings. The summed E-state index contributed by atoms with van der Waals surface area (Å²) in [6.07, 6.45) is 6.21. The number of hydrogen-bond acceptors (Lipinski definition) is 4. The summed E-state index contributed by atoms with van der Waals surface area (Å²) >= 11 is 0. The number of hydrogen-bond donors (Lipinski definition) is 2. The summed E-state index contributed by atoms with van der Waals surface area (Å²) in [6, 6.07) is 9.32. The van der Waals surface area contributed by atoms with Crippen molar-refractivity contribution in [3.8, 4) is 6.07 Å². The molecule has 1 aromatic carbocycles. The third-order valence-corrected chi connectivity index (χ3v) is 6.25. The fourth-order valence-corrected chi connectivity index (χ4v) is 4.83. The van der Waals surface area contributed by atoms with Crippen molar-refractivity contribution < 1.29 is 14.4 Å². The van der Waals surface area contributed by atoms with E-state index in [-0.39, 0.29) is 12.5 Å². The molecule has 2 N–H and O–H groups in total. The minimum atomic E-state index is -1.08. The molecule has 1 saturated heterocycles. The quantitative estimate of drug-likeness (QED) is 0.784. The van der Waals surface area contributed by atoms with Crippen LogP contribution in [-0.4, -0.2) is 34.8 Å². The third kappa shape index (κ3) is 2.93. The van der Waals surface area contributed by atoms with Gasteiger partial charge in [0.05, 0.1) is 6.07 Å². The van der Waals surface area contributed by atoms with Crippen molar-refractivity contribution in [2.24, 2.45) is 0 Å². The number of urea groups is 1. The highest BCUT2D eigenvalue weighted by Gasteiger charge is 2.54. The highest BCUT2D eigenvalue weighted by Crippen LogP contribution is 2.39. The van der Waals surface area contributed by atoms with Gasteiger partial charge in [0.1, 0.15) is 17.6 Å². The normalized spacial score (nSPS) is 25.8. The molecule has 0 radical (unpaired) electrons. The number of nitrogens with one attached hydrogen (secondary N) is 2. The Morgan fingerprint density at radius 2 is 1.89 bits per heavy atom. The van der Waals surface area contributed by atoms with E-state index >= 15 is 0 Å².